The highest BCUT2D eigenvalue weighted by atomic mass is 16.1. The summed E-state index contributed by atoms with van der Waals surface area (Å²) >= 11 is 0. The number of terminal acetylenes is 1. The van der Waals surface area contributed by atoms with Gasteiger partial charge in [0.1, 0.15) is 0 Å². The maximum Gasteiger partial charge on any atom is 0.235 e. The maximum atomic E-state index is 11.5. The average molecular weight is 218 g/mol. The SMILES string of the molecule is C#CC(=O)c1ccc2c(c1)Cc1ccccc1-2. The van der Waals surface area contributed by atoms with Crippen molar-refractivity contribution in [2.45, 2.75) is 6.42 Å². The molecule has 1 heteroatoms. The summed E-state index contributed by atoms with van der Waals surface area (Å²) in [4.78, 5) is 11.5. The number of hydrogen-bond acceptors (Lipinski definition) is 1. The second-order valence-electron chi connectivity index (χ2n) is 4.18. The largest absolute Gasteiger partial charge is 0.279 e. The van der Waals surface area contributed by atoms with Crippen LogP contribution in [0.25, 0.3) is 11.1 Å². The van der Waals surface area contributed by atoms with Crippen molar-refractivity contribution in [2.24, 2.45) is 0 Å². The number of Topliss-reactive ketones (excluding diaryl/α,β-unsaturated/α-hetero) is 1. The van der Waals surface area contributed by atoms with Crippen LogP contribution in [0.4, 0.5) is 0 Å². The fraction of sp³-hybridized carbons (Fsp3) is 0.0625. The minimum absolute atomic E-state index is 0.247. The molecule has 0 amide bonds. The van der Waals surface area contributed by atoms with Gasteiger partial charge in [0.15, 0.2) is 0 Å². The van der Waals surface area contributed by atoms with Crippen LogP contribution in [0.15, 0.2) is 42.5 Å². The highest BCUT2D eigenvalue weighted by Gasteiger charge is 2.18. The van der Waals surface area contributed by atoms with Crippen LogP contribution in [0.2, 0.25) is 0 Å². The zero-order chi connectivity index (χ0) is 11.8. The molecule has 2 aromatic rings. The highest BCUT2D eigenvalue weighted by molar-refractivity contribution is 6.09. The van der Waals surface area contributed by atoms with Crippen molar-refractivity contribution in [2.75, 3.05) is 0 Å². The zero-order valence-corrected chi connectivity index (χ0v) is 9.23. The van der Waals surface area contributed by atoms with Crippen LogP contribution in [-0.2, 0) is 6.42 Å². The number of carbonyl (C=O) groups is 1. The molecule has 0 spiro atoms. The predicted octanol–water partition coefficient (Wildman–Crippen LogP) is 3.07. The number of hydrogen-bond donors (Lipinski definition) is 0. The Bertz CT molecular complexity index is 659. The lowest BCUT2D eigenvalue weighted by molar-refractivity contribution is 0.105. The number of rotatable bonds is 1. The Labute approximate surface area is 100 Å². The standard InChI is InChI=1S/C16H10O/c1-2-16(17)12-7-8-15-13(10-12)9-11-5-3-4-6-14(11)15/h1,3-8,10H,9H2. The van der Waals surface area contributed by atoms with Gasteiger partial charge in [0.05, 0.1) is 0 Å². The van der Waals surface area contributed by atoms with Gasteiger partial charge < -0.3 is 0 Å². The first-order valence-electron chi connectivity index (χ1n) is 5.52. The van der Waals surface area contributed by atoms with Crippen molar-refractivity contribution >= 4 is 5.78 Å². The molecule has 0 fully saturated rings. The fourth-order valence-corrected chi connectivity index (χ4v) is 2.37. The summed E-state index contributed by atoms with van der Waals surface area (Å²) in [5.74, 6) is 1.91. The van der Waals surface area contributed by atoms with Crippen LogP contribution in [0.5, 0.6) is 0 Å². The minimum atomic E-state index is -0.247. The normalized spacial score (nSPS) is 11.5. The van der Waals surface area contributed by atoms with Crippen LogP contribution in [0.1, 0.15) is 21.5 Å². The smallest absolute Gasteiger partial charge is 0.235 e. The molecule has 3 rings (SSSR count). The average Bonchev–Trinajstić information content (AvgIpc) is 2.75. The minimum Gasteiger partial charge on any atom is -0.279 e. The molecule has 1 aliphatic carbocycles. The van der Waals surface area contributed by atoms with E-state index in [2.05, 4.69) is 18.1 Å². The Morgan fingerprint density at radius 1 is 1.06 bits per heavy atom. The van der Waals surface area contributed by atoms with Gasteiger partial charge in [-0.3, -0.25) is 4.79 Å². The second-order valence-corrected chi connectivity index (χ2v) is 4.18. The van der Waals surface area contributed by atoms with Crippen LogP contribution >= 0.6 is 0 Å². The van der Waals surface area contributed by atoms with Gasteiger partial charge in [-0.25, -0.2) is 0 Å². The quantitative estimate of drug-likeness (QED) is 0.348. The first-order chi connectivity index (χ1) is 8.29. The van der Waals surface area contributed by atoms with Crippen LogP contribution in [-0.4, -0.2) is 5.78 Å². The van der Waals surface area contributed by atoms with Crippen LogP contribution < -0.4 is 0 Å². The van der Waals surface area contributed by atoms with Gasteiger partial charge >= 0.3 is 0 Å². The molecule has 0 saturated carbocycles. The maximum absolute atomic E-state index is 11.5. The molecule has 1 nitrogen and oxygen atoms in total. The molecule has 0 heterocycles. The summed E-state index contributed by atoms with van der Waals surface area (Å²) in [6.07, 6.45) is 6.02. The van der Waals surface area contributed by atoms with Gasteiger partial charge in [-0.1, -0.05) is 30.3 Å². The first kappa shape index (κ1) is 9.86. The van der Waals surface area contributed by atoms with E-state index >= 15 is 0 Å². The summed E-state index contributed by atoms with van der Waals surface area (Å²) < 4.78 is 0. The Hall–Kier alpha value is -2.33. The third-order valence-electron chi connectivity index (χ3n) is 3.19. The fourth-order valence-electron chi connectivity index (χ4n) is 2.37. The van der Waals surface area contributed by atoms with Crippen molar-refractivity contribution < 1.29 is 4.79 Å². The van der Waals surface area contributed by atoms with E-state index in [0.717, 1.165) is 6.42 Å². The zero-order valence-electron chi connectivity index (χ0n) is 9.23. The van der Waals surface area contributed by atoms with E-state index in [1.165, 1.54) is 22.3 Å². The van der Waals surface area contributed by atoms with Crippen LogP contribution in [0, 0.1) is 12.3 Å². The lowest BCUT2D eigenvalue weighted by Gasteiger charge is -2.01. The van der Waals surface area contributed by atoms with Gasteiger partial charge in [0, 0.05) is 5.56 Å². The topological polar surface area (TPSA) is 17.1 Å². The molecule has 0 N–H and O–H groups in total. The summed E-state index contributed by atoms with van der Waals surface area (Å²) in [7, 11) is 0. The Morgan fingerprint density at radius 3 is 2.65 bits per heavy atom. The summed E-state index contributed by atoms with van der Waals surface area (Å²) in [6.45, 7) is 0. The number of fused-ring (bicyclic) bond motifs is 3. The molecule has 0 aliphatic heterocycles. The van der Waals surface area contributed by atoms with Crippen molar-refractivity contribution in [1.82, 2.24) is 0 Å². The van der Waals surface area contributed by atoms with Crippen molar-refractivity contribution in [1.29, 1.82) is 0 Å². The molecule has 0 radical (unpaired) electrons. The van der Waals surface area contributed by atoms with E-state index in [1.807, 2.05) is 30.3 Å². The van der Waals surface area contributed by atoms with Gasteiger partial charge in [0.2, 0.25) is 5.78 Å². The molecule has 0 aromatic heterocycles. The van der Waals surface area contributed by atoms with Crippen molar-refractivity contribution in [3.8, 4) is 23.5 Å². The third kappa shape index (κ3) is 1.46. The molecule has 0 atom stereocenters. The van der Waals surface area contributed by atoms with Gasteiger partial charge in [-0.2, -0.15) is 0 Å². The Balaban J connectivity index is 2.14. The second kappa shape index (κ2) is 3.61. The predicted molar refractivity (Wildman–Crippen MR) is 67.8 cm³/mol. The monoisotopic (exact) mass is 218 g/mol. The highest BCUT2D eigenvalue weighted by Crippen LogP contribution is 2.36. The van der Waals surface area contributed by atoms with Gasteiger partial charge in [-0.05, 0) is 46.7 Å². The van der Waals surface area contributed by atoms with Crippen molar-refractivity contribution in [3.63, 3.8) is 0 Å². The lowest BCUT2D eigenvalue weighted by Crippen LogP contribution is -1.95. The summed E-state index contributed by atoms with van der Waals surface area (Å²) in [6, 6.07) is 14.0. The molecule has 2 aromatic carbocycles. The summed E-state index contributed by atoms with van der Waals surface area (Å²) in [5.41, 5.74) is 5.59. The Morgan fingerprint density at radius 2 is 1.82 bits per heavy atom. The number of carbonyl (C=O) groups excluding carboxylic acids is 1. The van der Waals surface area contributed by atoms with Crippen molar-refractivity contribution in [3.05, 3.63) is 59.2 Å². The lowest BCUT2D eigenvalue weighted by atomic mass is 10.0. The van der Waals surface area contributed by atoms with E-state index in [-0.39, 0.29) is 5.78 Å². The van der Waals surface area contributed by atoms with E-state index in [4.69, 9.17) is 6.42 Å². The number of ketones is 1. The third-order valence-corrected chi connectivity index (χ3v) is 3.19. The van der Waals surface area contributed by atoms with Gasteiger partial charge in [-0.15, -0.1) is 6.42 Å². The van der Waals surface area contributed by atoms with Gasteiger partial charge in [0.25, 0.3) is 0 Å². The molecule has 17 heavy (non-hydrogen) atoms. The summed E-state index contributed by atoms with van der Waals surface area (Å²) in [5, 5.41) is 0. The van der Waals surface area contributed by atoms with E-state index in [0.29, 0.717) is 5.56 Å². The van der Waals surface area contributed by atoms with E-state index in [9.17, 15) is 4.79 Å². The molecule has 80 valence electrons. The molecular weight excluding hydrogens is 208 g/mol. The molecule has 1 aliphatic rings. The molecular formula is C16H10O. The Kier molecular flexibility index (Phi) is 2.09. The van der Waals surface area contributed by atoms with E-state index in [1.54, 1.807) is 0 Å². The van der Waals surface area contributed by atoms with E-state index < -0.39 is 0 Å². The van der Waals surface area contributed by atoms with Crippen LogP contribution in [0.3, 0.4) is 0 Å². The molecule has 0 saturated heterocycles. The number of benzene rings is 2. The first-order valence-corrected chi connectivity index (χ1v) is 5.52. The molecule has 0 bridgehead atoms. The molecule has 0 unspecified atom stereocenters.